The summed E-state index contributed by atoms with van der Waals surface area (Å²) >= 11 is 0. The average Bonchev–Trinajstić information content (AvgIpc) is 2.75. The van der Waals surface area contributed by atoms with E-state index in [1.54, 1.807) is 25.1 Å². The third-order valence-corrected chi connectivity index (χ3v) is 5.09. The van der Waals surface area contributed by atoms with Gasteiger partial charge >= 0.3 is 5.97 Å². The maximum atomic E-state index is 11.8. The Balaban J connectivity index is 2.12. The number of aryl methyl sites for hydroxylation is 1. The third-order valence-electron chi connectivity index (χ3n) is 3.53. The van der Waals surface area contributed by atoms with Gasteiger partial charge < -0.3 is 9.72 Å². The first-order chi connectivity index (χ1) is 9.50. The van der Waals surface area contributed by atoms with Crippen LogP contribution in [0.4, 0.5) is 0 Å². The van der Waals surface area contributed by atoms with Gasteiger partial charge in [0.15, 0.2) is 9.84 Å². The van der Waals surface area contributed by atoms with Crippen LogP contribution in [0.3, 0.4) is 0 Å². The van der Waals surface area contributed by atoms with Crippen molar-refractivity contribution in [1.82, 2.24) is 4.98 Å². The van der Waals surface area contributed by atoms with Gasteiger partial charge in [0.1, 0.15) is 0 Å². The van der Waals surface area contributed by atoms with Crippen molar-refractivity contribution in [3.8, 4) is 0 Å². The lowest BCUT2D eigenvalue weighted by atomic mass is 10.1. The predicted molar refractivity (Wildman–Crippen MR) is 75.5 cm³/mol. The molecule has 1 aromatic heterocycles. The average molecular weight is 293 g/mol. The van der Waals surface area contributed by atoms with Crippen molar-refractivity contribution in [2.75, 3.05) is 12.4 Å². The van der Waals surface area contributed by atoms with Crippen LogP contribution in [0.15, 0.2) is 18.2 Å². The van der Waals surface area contributed by atoms with E-state index in [0.717, 1.165) is 22.2 Å². The molecule has 0 spiro atoms. The predicted octanol–water partition coefficient (Wildman–Crippen LogP) is 1.82. The molecule has 0 bridgehead atoms. The lowest BCUT2D eigenvalue weighted by molar-refractivity contribution is 0.0526. The Kier molecular flexibility index (Phi) is 3.05. The number of rotatable bonds is 2. The van der Waals surface area contributed by atoms with Gasteiger partial charge in [0.05, 0.1) is 23.7 Å². The Bertz CT molecular complexity index is 789. The summed E-state index contributed by atoms with van der Waals surface area (Å²) in [6.07, 6.45) is 0.501. The minimum absolute atomic E-state index is 0.0363. The molecule has 6 heteroatoms. The van der Waals surface area contributed by atoms with Gasteiger partial charge in [0.25, 0.3) is 0 Å². The third kappa shape index (κ3) is 2.20. The summed E-state index contributed by atoms with van der Waals surface area (Å²) in [4.78, 5) is 15.0. The number of fused-ring (bicyclic) bond motifs is 3. The van der Waals surface area contributed by atoms with Crippen LogP contribution < -0.4 is 0 Å². The fraction of sp³-hybridized carbons (Fsp3) is 0.357. The maximum absolute atomic E-state index is 11.8. The van der Waals surface area contributed by atoms with Crippen molar-refractivity contribution in [1.29, 1.82) is 0 Å². The van der Waals surface area contributed by atoms with Crippen LogP contribution in [0.1, 0.15) is 28.5 Å². The number of aromatic amines is 1. The van der Waals surface area contributed by atoms with Gasteiger partial charge in [-0.25, -0.2) is 13.2 Å². The zero-order valence-corrected chi connectivity index (χ0v) is 11.9. The summed E-state index contributed by atoms with van der Waals surface area (Å²) in [5.74, 6) is -0.172. The molecule has 0 radical (unpaired) electrons. The highest BCUT2D eigenvalue weighted by atomic mass is 32.2. The number of esters is 1. The van der Waals surface area contributed by atoms with E-state index >= 15 is 0 Å². The lowest BCUT2D eigenvalue weighted by Crippen LogP contribution is -2.18. The van der Waals surface area contributed by atoms with Gasteiger partial charge in [0.2, 0.25) is 0 Å². The van der Waals surface area contributed by atoms with Gasteiger partial charge in [-0.2, -0.15) is 0 Å². The Morgan fingerprint density at radius 2 is 2.20 bits per heavy atom. The van der Waals surface area contributed by atoms with Crippen LogP contribution in [0, 0.1) is 0 Å². The first-order valence-corrected chi connectivity index (χ1v) is 8.33. The van der Waals surface area contributed by atoms with E-state index in [-0.39, 0.29) is 17.5 Å². The Hall–Kier alpha value is -1.82. The highest BCUT2D eigenvalue weighted by Gasteiger charge is 2.25. The first kappa shape index (κ1) is 13.2. The first-order valence-electron chi connectivity index (χ1n) is 6.51. The molecule has 0 saturated carbocycles. The molecule has 0 atom stereocenters. The van der Waals surface area contributed by atoms with Crippen molar-refractivity contribution in [3.05, 3.63) is 35.0 Å². The summed E-state index contributed by atoms with van der Waals surface area (Å²) in [6.45, 7) is 2.07. The van der Waals surface area contributed by atoms with Crippen LogP contribution in [0.5, 0.6) is 0 Å². The van der Waals surface area contributed by atoms with Crippen molar-refractivity contribution in [3.63, 3.8) is 0 Å². The van der Waals surface area contributed by atoms with Crippen molar-refractivity contribution in [2.45, 2.75) is 19.1 Å². The number of hydrogen-bond donors (Lipinski definition) is 1. The maximum Gasteiger partial charge on any atom is 0.338 e. The molecule has 1 N–H and O–H groups in total. The van der Waals surface area contributed by atoms with Crippen LogP contribution >= 0.6 is 0 Å². The van der Waals surface area contributed by atoms with Crippen LogP contribution in [0.2, 0.25) is 0 Å². The number of sulfone groups is 1. The highest BCUT2D eigenvalue weighted by Crippen LogP contribution is 2.29. The zero-order valence-electron chi connectivity index (χ0n) is 11.1. The van der Waals surface area contributed by atoms with Crippen LogP contribution in [-0.2, 0) is 26.7 Å². The quantitative estimate of drug-likeness (QED) is 0.857. The number of aromatic nitrogens is 1. The second-order valence-corrected chi connectivity index (χ2v) is 7.09. The summed E-state index contributed by atoms with van der Waals surface area (Å²) in [5, 5.41) is 0.800. The molecule has 106 valence electrons. The lowest BCUT2D eigenvalue weighted by Gasteiger charge is -2.12. The molecule has 20 heavy (non-hydrogen) atoms. The molecule has 0 saturated heterocycles. The second kappa shape index (κ2) is 4.63. The van der Waals surface area contributed by atoms with Gasteiger partial charge in [-0.1, -0.05) is 0 Å². The zero-order chi connectivity index (χ0) is 14.3. The van der Waals surface area contributed by atoms with E-state index in [1.807, 2.05) is 0 Å². The van der Waals surface area contributed by atoms with Gasteiger partial charge in [-0.3, -0.25) is 0 Å². The molecule has 0 aliphatic carbocycles. The van der Waals surface area contributed by atoms with Gasteiger partial charge in [-0.05, 0) is 30.7 Å². The topological polar surface area (TPSA) is 76.2 Å². The van der Waals surface area contributed by atoms with E-state index < -0.39 is 9.84 Å². The molecule has 1 aromatic carbocycles. The molecule has 2 heterocycles. The van der Waals surface area contributed by atoms with Crippen LogP contribution in [0.25, 0.3) is 10.9 Å². The van der Waals surface area contributed by atoms with E-state index in [2.05, 4.69) is 4.98 Å². The number of benzene rings is 1. The van der Waals surface area contributed by atoms with Crippen molar-refractivity contribution in [2.24, 2.45) is 0 Å². The minimum Gasteiger partial charge on any atom is -0.462 e. The Morgan fingerprint density at radius 3 is 2.95 bits per heavy atom. The fourth-order valence-electron chi connectivity index (χ4n) is 2.57. The number of carbonyl (C=O) groups is 1. The molecule has 0 fully saturated rings. The Morgan fingerprint density at radius 1 is 1.40 bits per heavy atom. The minimum atomic E-state index is -3.04. The smallest absolute Gasteiger partial charge is 0.338 e. The Labute approximate surface area is 116 Å². The fourth-order valence-corrected chi connectivity index (χ4v) is 4.00. The van der Waals surface area contributed by atoms with E-state index in [0.29, 0.717) is 18.6 Å². The van der Waals surface area contributed by atoms with E-state index in [9.17, 15) is 13.2 Å². The number of ether oxygens (including phenoxy) is 1. The summed E-state index contributed by atoms with van der Waals surface area (Å²) < 4.78 is 28.5. The SMILES string of the molecule is CCOC(=O)c1ccc2[nH]c3c(c2c1)CS(=O)(=O)CC3. The summed E-state index contributed by atoms with van der Waals surface area (Å²) in [6, 6.07) is 5.20. The standard InChI is InChI=1S/C14H15NO4S/c1-2-19-14(16)9-3-4-12-10(7-9)11-8-20(17,18)6-5-13(11)15-12/h3-4,7,15H,2,5-6,8H2,1H3. The summed E-state index contributed by atoms with van der Waals surface area (Å²) in [5.41, 5.74) is 3.05. The molecule has 2 aromatic rings. The van der Waals surface area contributed by atoms with E-state index in [1.165, 1.54) is 0 Å². The highest BCUT2D eigenvalue weighted by molar-refractivity contribution is 7.90. The molecule has 1 aliphatic heterocycles. The molecule has 5 nitrogen and oxygen atoms in total. The largest absolute Gasteiger partial charge is 0.462 e. The molecule has 0 amide bonds. The summed E-state index contributed by atoms with van der Waals surface area (Å²) in [7, 11) is -3.04. The second-order valence-electron chi connectivity index (χ2n) is 4.90. The molecular formula is C14H15NO4S. The number of H-pyrrole nitrogens is 1. The van der Waals surface area contributed by atoms with Gasteiger partial charge in [0, 0.05) is 23.0 Å². The normalized spacial score (nSPS) is 16.9. The van der Waals surface area contributed by atoms with Gasteiger partial charge in [-0.15, -0.1) is 0 Å². The number of carbonyl (C=O) groups excluding carboxylic acids is 1. The molecule has 0 unspecified atom stereocenters. The van der Waals surface area contributed by atoms with E-state index in [4.69, 9.17) is 4.74 Å². The van der Waals surface area contributed by atoms with Crippen molar-refractivity contribution < 1.29 is 17.9 Å². The monoisotopic (exact) mass is 293 g/mol. The van der Waals surface area contributed by atoms with Crippen LogP contribution in [-0.4, -0.2) is 31.7 Å². The van der Waals surface area contributed by atoms with Crippen molar-refractivity contribution >= 4 is 26.7 Å². The molecule has 3 rings (SSSR count). The number of nitrogens with one attached hydrogen (secondary N) is 1. The molecular weight excluding hydrogens is 278 g/mol. The molecule has 1 aliphatic rings. The number of hydrogen-bond acceptors (Lipinski definition) is 4.